The Morgan fingerprint density at radius 3 is 2.40 bits per heavy atom. The molecule has 0 amide bonds. The Morgan fingerprint density at radius 1 is 1.05 bits per heavy atom. The second kappa shape index (κ2) is 7.44. The normalized spacial score (nSPS) is 12.6. The van der Waals surface area contributed by atoms with Crippen LogP contribution < -0.4 is 0 Å². The molecule has 2 aromatic rings. The van der Waals surface area contributed by atoms with Crippen molar-refractivity contribution in [3.8, 4) is 0 Å². The quantitative estimate of drug-likeness (QED) is 0.872. The van der Waals surface area contributed by atoms with Crippen LogP contribution in [-0.2, 0) is 6.54 Å². The largest absolute Gasteiger partial charge is 0.388 e. The summed E-state index contributed by atoms with van der Waals surface area (Å²) in [5.41, 5.74) is 2.09. The SMILES string of the molecule is CN(CCC(O)c1ccccc1)Cc1ccccc1Cl. The van der Waals surface area contributed by atoms with Gasteiger partial charge in [-0.2, -0.15) is 0 Å². The molecule has 20 heavy (non-hydrogen) atoms. The van der Waals surface area contributed by atoms with Gasteiger partial charge in [-0.25, -0.2) is 0 Å². The number of rotatable bonds is 6. The lowest BCUT2D eigenvalue weighted by Gasteiger charge is -2.19. The fraction of sp³-hybridized carbons (Fsp3) is 0.294. The maximum atomic E-state index is 10.1. The Hall–Kier alpha value is -1.35. The third-order valence-corrected chi connectivity index (χ3v) is 3.74. The van der Waals surface area contributed by atoms with E-state index in [4.69, 9.17) is 11.6 Å². The van der Waals surface area contributed by atoms with Gasteiger partial charge in [0, 0.05) is 18.1 Å². The Kier molecular flexibility index (Phi) is 5.60. The van der Waals surface area contributed by atoms with Gasteiger partial charge in [0.25, 0.3) is 0 Å². The zero-order valence-corrected chi connectivity index (χ0v) is 12.4. The highest BCUT2D eigenvalue weighted by molar-refractivity contribution is 6.31. The van der Waals surface area contributed by atoms with Crippen molar-refractivity contribution < 1.29 is 5.11 Å². The van der Waals surface area contributed by atoms with Gasteiger partial charge in [-0.05, 0) is 30.7 Å². The summed E-state index contributed by atoms with van der Waals surface area (Å²) in [5, 5.41) is 10.9. The Morgan fingerprint density at radius 2 is 1.70 bits per heavy atom. The van der Waals surface area contributed by atoms with E-state index in [2.05, 4.69) is 4.90 Å². The van der Waals surface area contributed by atoms with Crippen molar-refractivity contribution in [1.82, 2.24) is 4.90 Å². The number of nitrogens with zero attached hydrogens (tertiary/aromatic N) is 1. The molecule has 0 saturated carbocycles. The van der Waals surface area contributed by atoms with Gasteiger partial charge in [0.05, 0.1) is 6.10 Å². The summed E-state index contributed by atoms with van der Waals surface area (Å²) >= 11 is 6.15. The van der Waals surface area contributed by atoms with Crippen LogP contribution in [0, 0.1) is 0 Å². The van der Waals surface area contributed by atoms with E-state index >= 15 is 0 Å². The van der Waals surface area contributed by atoms with Crippen LogP contribution in [0.2, 0.25) is 5.02 Å². The maximum absolute atomic E-state index is 10.1. The fourth-order valence-electron chi connectivity index (χ4n) is 2.18. The van der Waals surface area contributed by atoms with E-state index in [9.17, 15) is 5.11 Å². The molecule has 0 bridgehead atoms. The number of hydrogen-bond donors (Lipinski definition) is 1. The molecular formula is C17H20ClNO. The summed E-state index contributed by atoms with van der Waals surface area (Å²) in [6.45, 7) is 1.61. The maximum Gasteiger partial charge on any atom is 0.0802 e. The lowest BCUT2D eigenvalue weighted by Crippen LogP contribution is -2.21. The van der Waals surface area contributed by atoms with Gasteiger partial charge in [-0.15, -0.1) is 0 Å². The molecule has 0 fully saturated rings. The lowest BCUT2D eigenvalue weighted by molar-refractivity contribution is 0.147. The molecule has 0 aliphatic carbocycles. The van der Waals surface area contributed by atoms with Crippen LogP contribution >= 0.6 is 11.6 Å². The third-order valence-electron chi connectivity index (χ3n) is 3.37. The van der Waals surface area contributed by atoms with Crippen LogP contribution in [0.3, 0.4) is 0 Å². The van der Waals surface area contributed by atoms with E-state index in [1.54, 1.807) is 0 Å². The molecule has 1 N–H and O–H groups in total. The second-order valence-electron chi connectivity index (χ2n) is 5.04. The standard InChI is InChI=1S/C17H20ClNO/c1-19(13-15-9-5-6-10-16(15)18)12-11-17(20)14-7-3-2-4-8-14/h2-10,17,20H,11-13H2,1H3. The average Bonchev–Trinajstić information content (AvgIpc) is 2.48. The highest BCUT2D eigenvalue weighted by atomic mass is 35.5. The summed E-state index contributed by atoms with van der Waals surface area (Å²) in [5.74, 6) is 0. The lowest BCUT2D eigenvalue weighted by atomic mass is 10.1. The van der Waals surface area contributed by atoms with Crippen molar-refractivity contribution in [2.75, 3.05) is 13.6 Å². The van der Waals surface area contributed by atoms with Gasteiger partial charge in [0.15, 0.2) is 0 Å². The summed E-state index contributed by atoms with van der Waals surface area (Å²) in [4.78, 5) is 2.17. The van der Waals surface area contributed by atoms with E-state index in [1.165, 1.54) is 0 Å². The number of aliphatic hydroxyl groups is 1. The van der Waals surface area contributed by atoms with Gasteiger partial charge in [-0.3, -0.25) is 0 Å². The summed E-state index contributed by atoms with van der Waals surface area (Å²) in [6.07, 6.45) is 0.301. The predicted octanol–water partition coefficient (Wildman–Crippen LogP) is 3.90. The highest BCUT2D eigenvalue weighted by Crippen LogP contribution is 2.19. The van der Waals surface area contributed by atoms with Gasteiger partial charge in [0.1, 0.15) is 0 Å². The molecule has 106 valence electrons. The average molecular weight is 290 g/mol. The van der Waals surface area contributed by atoms with E-state index in [0.717, 1.165) is 29.2 Å². The topological polar surface area (TPSA) is 23.5 Å². The molecule has 2 aromatic carbocycles. The van der Waals surface area contributed by atoms with Crippen molar-refractivity contribution in [2.24, 2.45) is 0 Å². The van der Waals surface area contributed by atoms with E-state index in [0.29, 0.717) is 6.42 Å². The molecular weight excluding hydrogens is 270 g/mol. The van der Waals surface area contributed by atoms with Crippen molar-refractivity contribution in [2.45, 2.75) is 19.1 Å². The molecule has 1 atom stereocenters. The zero-order chi connectivity index (χ0) is 14.4. The smallest absolute Gasteiger partial charge is 0.0802 e. The van der Waals surface area contributed by atoms with Crippen molar-refractivity contribution in [3.05, 3.63) is 70.7 Å². The van der Waals surface area contributed by atoms with Crippen molar-refractivity contribution in [3.63, 3.8) is 0 Å². The molecule has 0 radical (unpaired) electrons. The van der Waals surface area contributed by atoms with Gasteiger partial charge in [0.2, 0.25) is 0 Å². The van der Waals surface area contributed by atoms with E-state index in [1.807, 2.05) is 61.6 Å². The molecule has 0 heterocycles. The molecule has 0 aromatic heterocycles. The summed E-state index contributed by atoms with van der Waals surface area (Å²) < 4.78 is 0. The van der Waals surface area contributed by atoms with Crippen LogP contribution in [0.15, 0.2) is 54.6 Å². The third kappa shape index (κ3) is 4.34. The molecule has 3 heteroatoms. The molecule has 0 aliphatic heterocycles. The van der Waals surface area contributed by atoms with Crippen LogP contribution in [-0.4, -0.2) is 23.6 Å². The monoisotopic (exact) mass is 289 g/mol. The molecule has 2 rings (SSSR count). The van der Waals surface area contributed by atoms with Gasteiger partial charge in [-0.1, -0.05) is 60.1 Å². The highest BCUT2D eigenvalue weighted by Gasteiger charge is 2.09. The first-order valence-corrected chi connectivity index (χ1v) is 7.19. The summed E-state index contributed by atoms with van der Waals surface area (Å²) in [7, 11) is 2.04. The van der Waals surface area contributed by atoms with Gasteiger partial charge < -0.3 is 10.0 Å². The van der Waals surface area contributed by atoms with Crippen LogP contribution in [0.25, 0.3) is 0 Å². The Balaban J connectivity index is 1.84. The number of aliphatic hydroxyl groups excluding tert-OH is 1. The number of benzene rings is 2. The van der Waals surface area contributed by atoms with Crippen molar-refractivity contribution >= 4 is 11.6 Å². The van der Waals surface area contributed by atoms with Crippen LogP contribution in [0.4, 0.5) is 0 Å². The van der Waals surface area contributed by atoms with Gasteiger partial charge >= 0.3 is 0 Å². The van der Waals surface area contributed by atoms with Crippen LogP contribution in [0.5, 0.6) is 0 Å². The first-order chi connectivity index (χ1) is 9.66. The van der Waals surface area contributed by atoms with Crippen LogP contribution in [0.1, 0.15) is 23.7 Å². The van der Waals surface area contributed by atoms with Crippen molar-refractivity contribution in [1.29, 1.82) is 0 Å². The minimum Gasteiger partial charge on any atom is -0.388 e. The zero-order valence-electron chi connectivity index (χ0n) is 11.7. The first-order valence-electron chi connectivity index (χ1n) is 6.82. The van der Waals surface area contributed by atoms with E-state index in [-0.39, 0.29) is 0 Å². The summed E-state index contributed by atoms with van der Waals surface area (Å²) in [6, 6.07) is 17.6. The fourth-order valence-corrected chi connectivity index (χ4v) is 2.38. The number of hydrogen-bond acceptors (Lipinski definition) is 2. The first kappa shape index (κ1) is 15.0. The predicted molar refractivity (Wildman–Crippen MR) is 83.8 cm³/mol. The number of halogens is 1. The van der Waals surface area contributed by atoms with E-state index < -0.39 is 6.10 Å². The minimum atomic E-state index is -0.412. The molecule has 0 saturated heterocycles. The molecule has 2 nitrogen and oxygen atoms in total. The molecule has 1 unspecified atom stereocenters. The molecule has 0 aliphatic rings. The second-order valence-corrected chi connectivity index (χ2v) is 5.45. The molecule has 0 spiro atoms. The Bertz CT molecular complexity index is 530. The Labute approximate surface area is 125 Å². The minimum absolute atomic E-state index is 0.412.